The number of nitrogens with zero attached hydrogens (tertiary/aromatic N) is 1. The molecular weight excluding hydrogens is 295 g/mol. The standard InChI is InChI=1S/C13H15FN4O2S/c1-3-16-13-18-11(15)10(21-13)12(19)17-7-4-5-9(20-2)8(14)6-7/h4-6H,3,15H2,1-2H3,(H,16,18)(H,17,19). The fraction of sp³-hybridized carbons (Fsp3) is 0.231. The first-order valence-electron chi connectivity index (χ1n) is 6.20. The number of aromatic nitrogens is 1. The highest BCUT2D eigenvalue weighted by Gasteiger charge is 2.16. The first-order valence-corrected chi connectivity index (χ1v) is 7.01. The summed E-state index contributed by atoms with van der Waals surface area (Å²) in [6.07, 6.45) is 0. The summed E-state index contributed by atoms with van der Waals surface area (Å²) >= 11 is 1.15. The van der Waals surface area contributed by atoms with E-state index in [1.54, 1.807) is 6.07 Å². The molecular formula is C13H15FN4O2S. The molecule has 2 aromatic rings. The molecule has 4 N–H and O–H groups in total. The minimum atomic E-state index is -0.555. The van der Waals surface area contributed by atoms with Crippen LogP contribution in [0.1, 0.15) is 16.6 Å². The Kier molecular flexibility index (Phi) is 4.59. The van der Waals surface area contributed by atoms with Gasteiger partial charge in [0.25, 0.3) is 5.91 Å². The predicted octanol–water partition coefficient (Wildman–Crippen LogP) is 2.56. The molecule has 0 unspecified atom stereocenters. The molecule has 8 heteroatoms. The Morgan fingerprint density at radius 2 is 2.29 bits per heavy atom. The second kappa shape index (κ2) is 6.40. The van der Waals surface area contributed by atoms with Crippen LogP contribution in [0.4, 0.5) is 21.0 Å². The smallest absolute Gasteiger partial charge is 0.269 e. The molecule has 0 bridgehead atoms. The molecule has 1 heterocycles. The molecule has 0 aliphatic heterocycles. The number of hydrogen-bond donors (Lipinski definition) is 3. The van der Waals surface area contributed by atoms with Crippen molar-refractivity contribution in [2.45, 2.75) is 6.92 Å². The van der Waals surface area contributed by atoms with Crippen LogP contribution >= 0.6 is 11.3 Å². The van der Waals surface area contributed by atoms with Crippen LogP contribution in [0.2, 0.25) is 0 Å². The number of hydrogen-bond acceptors (Lipinski definition) is 6. The molecule has 0 fully saturated rings. The highest BCUT2D eigenvalue weighted by molar-refractivity contribution is 7.18. The minimum Gasteiger partial charge on any atom is -0.494 e. The number of thiazole rings is 1. The quantitative estimate of drug-likeness (QED) is 0.790. The van der Waals surface area contributed by atoms with Gasteiger partial charge in [-0.05, 0) is 19.1 Å². The summed E-state index contributed by atoms with van der Waals surface area (Å²) in [5.41, 5.74) is 6.02. The van der Waals surface area contributed by atoms with E-state index in [0.29, 0.717) is 17.4 Å². The lowest BCUT2D eigenvalue weighted by molar-refractivity contribution is 0.103. The maximum atomic E-state index is 13.6. The second-order valence-electron chi connectivity index (χ2n) is 4.07. The molecule has 0 spiro atoms. The molecule has 1 amide bonds. The summed E-state index contributed by atoms with van der Waals surface area (Å²) in [7, 11) is 1.37. The number of amides is 1. The van der Waals surface area contributed by atoms with Gasteiger partial charge in [0.05, 0.1) is 7.11 Å². The topological polar surface area (TPSA) is 89.3 Å². The molecule has 0 aliphatic rings. The first-order chi connectivity index (χ1) is 10.0. The summed E-state index contributed by atoms with van der Waals surface area (Å²) < 4.78 is 18.4. The maximum Gasteiger partial charge on any atom is 0.269 e. The average molecular weight is 310 g/mol. The Morgan fingerprint density at radius 1 is 1.52 bits per heavy atom. The summed E-state index contributed by atoms with van der Waals surface area (Å²) in [6, 6.07) is 4.16. The van der Waals surface area contributed by atoms with Crippen molar-refractivity contribution in [1.29, 1.82) is 0 Å². The zero-order chi connectivity index (χ0) is 15.4. The average Bonchev–Trinajstić information content (AvgIpc) is 2.80. The van der Waals surface area contributed by atoms with Gasteiger partial charge in [-0.3, -0.25) is 4.79 Å². The SMILES string of the molecule is CCNc1nc(N)c(C(=O)Nc2ccc(OC)c(F)c2)s1. The number of benzene rings is 1. The van der Waals surface area contributed by atoms with E-state index < -0.39 is 11.7 Å². The first kappa shape index (κ1) is 15.0. The lowest BCUT2D eigenvalue weighted by atomic mass is 10.3. The van der Waals surface area contributed by atoms with Crippen molar-refractivity contribution in [1.82, 2.24) is 4.98 Å². The van der Waals surface area contributed by atoms with E-state index in [1.165, 1.54) is 19.2 Å². The zero-order valence-corrected chi connectivity index (χ0v) is 12.4. The second-order valence-corrected chi connectivity index (χ2v) is 5.07. The van der Waals surface area contributed by atoms with Crippen LogP contribution in [-0.2, 0) is 0 Å². The number of halogens is 1. The number of nitrogens with two attached hydrogens (primary N) is 1. The van der Waals surface area contributed by atoms with Gasteiger partial charge in [-0.2, -0.15) is 0 Å². The van der Waals surface area contributed by atoms with Crippen LogP contribution in [0, 0.1) is 5.82 Å². The van der Waals surface area contributed by atoms with Crippen molar-refractivity contribution in [3.8, 4) is 5.75 Å². The number of rotatable bonds is 5. The van der Waals surface area contributed by atoms with Crippen molar-refractivity contribution in [3.63, 3.8) is 0 Å². The molecule has 0 saturated carbocycles. The van der Waals surface area contributed by atoms with Crippen molar-refractivity contribution >= 4 is 33.9 Å². The molecule has 0 aliphatic carbocycles. The van der Waals surface area contributed by atoms with E-state index in [2.05, 4.69) is 15.6 Å². The Balaban J connectivity index is 2.16. The summed E-state index contributed by atoms with van der Waals surface area (Å²) in [6.45, 7) is 2.59. The number of ether oxygens (including phenoxy) is 1. The molecule has 112 valence electrons. The van der Waals surface area contributed by atoms with Gasteiger partial charge >= 0.3 is 0 Å². The van der Waals surface area contributed by atoms with Crippen molar-refractivity contribution in [3.05, 3.63) is 28.9 Å². The number of nitrogen functional groups attached to an aromatic ring is 1. The summed E-state index contributed by atoms with van der Waals surface area (Å²) in [4.78, 5) is 16.4. The van der Waals surface area contributed by atoms with Crippen molar-refractivity contribution in [2.75, 3.05) is 30.0 Å². The lowest BCUT2D eigenvalue weighted by Gasteiger charge is -2.06. The van der Waals surface area contributed by atoms with Crippen molar-refractivity contribution < 1.29 is 13.9 Å². The van der Waals surface area contributed by atoms with Crippen molar-refractivity contribution in [2.24, 2.45) is 0 Å². The Hall–Kier alpha value is -2.35. The third kappa shape index (κ3) is 3.40. The summed E-state index contributed by atoms with van der Waals surface area (Å²) in [5.74, 6) is -0.734. The fourth-order valence-corrected chi connectivity index (χ4v) is 2.50. The zero-order valence-electron chi connectivity index (χ0n) is 11.6. The molecule has 2 rings (SSSR count). The number of nitrogens with one attached hydrogen (secondary N) is 2. The maximum absolute atomic E-state index is 13.6. The molecule has 1 aromatic carbocycles. The van der Waals surface area contributed by atoms with Gasteiger partial charge in [-0.1, -0.05) is 11.3 Å². The normalized spacial score (nSPS) is 10.2. The van der Waals surface area contributed by atoms with Gasteiger partial charge in [0, 0.05) is 18.3 Å². The van der Waals surface area contributed by atoms with Crippen LogP contribution in [0.3, 0.4) is 0 Å². The van der Waals surface area contributed by atoms with Crippen LogP contribution in [-0.4, -0.2) is 24.5 Å². The number of methoxy groups -OCH3 is 1. The minimum absolute atomic E-state index is 0.111. The van der Waals surface area contributed by atoms with Crippen LogP contribution < -0.4 is 21.1 Å². The molecule has 0 saturated heterocycles. The monoisotopic (exact) mass is 310 g/mol. The fourth-order valence-electron chi connectivity index (χ4n) is 1.65. The van der Waals surface area contributed by atoms with E-state index in [0.717, 1.165) is 11.3 Å². The van der Waals surface area contributed by atoms with Gasteiger partial charge in [0.15, 0.2) is 16.7 Å². The van der Waals surface area contributed by atoms with E-state index in [1.807, 2.05) is 6.92 Å². The Morgan fingerprint density at radius 3 is 2.90 bits per heavy atom. The van der Waals surface area contributed by atoms with E-state index >= 15 is 0 Å². The third-order valence-electron chi connectivity index (χ3n) is 2.60. The molecule has 0 atom stereocenters. The van der Waals surface area contributed by atoms with Crippen LogP contribution in [0.15, 0.2) is 18.2 Å². The molecule has 6 nitrogen and oxygen atoms in total. The van der Waals surface area contributed by atoms with Gasteiger partial charge in [-0.15, -0.1) is 0 Å². The number of carbonyl (C=O) groups is 1. The number of anilines is 3. The third-order valence-corrected chi connectivity index (χ3v) is 3.62. The Bertz CT molecular complexity index is 660. The van der Waals surface area contributed by atoms with Gasteiger partial charge < -0.3 is 21.1 Å². The van der Waals surface area contributed by atoms with E-state index in [4.69, 9.17) is 10.5 Å². The predicted molar refractivity (Wildman–Crippen MR) is 81.6 cm³/mol. The van der Waals surface area contributed by atoms with Crippen LogP contribution in [0.5, 0.6) is 5.75 Å². The number of carbonyl (C=O) groups excluding carboxylic acids is 1. The largest absolute Gasteiger partial charge is 0.494 e. The highest BCUT2D eigenvalue weighted by Crippen LogP contribution is 2.26. The van der Waals surface area contributed by atoms with E-state index in [9.17, 15) is 9.18 Å². The molecule has 21 heavy (non-hydrogen) atoms. The van der Waals surface area contributed by atoms with Gasteiger partial charge in [-0.25, -0.2) is 9.37 Å². The molecule has 1 aromatic heterocycles. The van der Waals surface area contributed by atoms with E-state index in [-0.39, 0.29) is 16.4 Å². The molecule has 0 radical (unpaired) electrons. The highest BCUT2D eigenvalue weighted by atomic mass is 32.1. The lowest BCUT2D eigenvalue weighted by Crippen LogP contribution is -2.12. The van der Waals surface area contributed by atoms with Crippen LogP contribution in [0.25, 0.3) is 0 Å². The van der Waals surface area contributed by atoms with Gasteiger partial charge in [0.1, 0.15) is 10.7 Å². The summed E-state index contributed by atoms with van der Waals surface area (Å²) in [5, 5.41) is 6.13. The Labute approximate surface area is 125 Å². The van der Waals surface area contributed by atoms with Gasteiger partial charge in [0.2, 0.25) is 0 Å².